The van der Waals surface area contributed by atoms with Gasteiger partial charge in [-0.15, -0.1) is 10.2 Å². The zero-order chi connectivity index (χ0) is 20.8. The number of nitrogens with one attached hydrogen (secondary N) is 1. The number of nitrogens with zero attached hydrogens (tertiary/aromatic N) is 3. The van der Waals surface area contributed by atoms with Gasteiger partial charge in [-0.2, -0.15) is 0 Å². The molecule has 1 aromatic heterocycles. The summed E-state index contributed by atoms with van der Waals surface area (Å²) >= 11 is 4.78. The van der Waals surface area contributed by atoms with Gasteiger partial charge in [-0.25, -0.2) is 0 Å². The number of hydrogen-bond donors (Lipinski definition) is 1. The molecule has 3 aromatic rings. The average molecular weight is 477 g/mol. The third-order valence-corrected chi connectivity index (χ3v) is 6.04. The number of ether oxygens (including phenoxy) is 2. The van der Waals surface area contributed by atoms with Gasteiger partial charge in [0.1, 0.15) is 18.1 Å². The highest BCUT2D eigenvalue weighted by molar-refractivity contribution is 9.10. The molecule has 0 aliphatic heterocycles. The highest BCUT2D eigenvalue weighted by Gasteiger charge is 2.12. The SMILES string of the molecule is COc1ccc(OCc2nnc(SCC(=O)Nc3ccc(Br)c(C)c3)n2C)cc1. The third kappa shape index (κ3) is 5.74. The lowest BCUT2D eigenvalue weighted by Gasteiger charge is -2.08. The summed E-state index contributed by atoms with van der Waals surface area (Å²) in [6.45, 7) is 2.25. The normalized spacial score (nSPS) is 10.6. The molecule has 7 nitrogen and oxygen atoms in total. The second-order valence-electron chi connectivity index (χ2n) is 6.22. The summed E-state index contributed by atoms with van der Waals surface area (Å²) < 4.78 is 13.7. The van der Waals surface area contributed by atoms with Crippen LogP contribution in [-0.4, -0.2) is 33.5 Å². The van der Waals surface area contributed by atoms with Gasteiger partial charge in [0, 0.05) is 17.2 Å². The first-order chi connectivity index (χ1) is 14.0. The predicted octanol–water partition coefficient (Wildman–Crippen LogP) is 4.20. The molecule has 1 N–H and O–H groups in total. The zero-order valence-electron chi connectivity index (χ0n) is 16.3. The number of hydrogen-bond acceptors (Lipinski definition) is 6. The van der Waals surface area contributed by atoms with Crippen molar-refractivity contribution in [3.63, 3.8) is 0 Å². The number of amides is 1. The van der Waals surface area contributed by atoms with E-state index in [1.54, 1.807) is 7.11 Å². The topological polar surface area (TPSA) is 78.3 Å². The summed E-state index contributed by atoms with van der Waals surface area (Å²) in [5, 5.41) is 11.8. The Balaban J connectivity index is 1.52. The predicted molar refractivity (Wildman–Crippen MR) is 117 cm³/mol. The summed E-state index contributed by atoms with van der Waals surface area (Å²) in [5.74, 6) is 2.29. The van der Waals surface area contributed by atoms with E-state index in [1.165, 1.54) is 11.8 Å². The van der Waals surface area contributed by atoms with E-state index in [-0.39, 0.29) is 18.3 Å². The Morgan fingerprint density at radius 1 is 1.17 bits per heavy atom. The van der Waals surface area contributed by atoms with Gasteiger partial charge in [0.2, 0.25) is 5.91 Å². The van der Waals surface area contributed by atoms with Crippen LogP contribution in [0.5, 0.6) is 11.5 Å². The summed E-state index contributed by atoms with van der Waals surface area (Å²) in [6.07, 6.45) is 0. The van der Waals surface area contributed by atoms with Crippen LogP contribution in [0.25, 0.3) is 0 Å². The Morgan fingerprint density at radius 2 is 1.90 bits per heavy atom. The van der Waals surface area contributed by atoms with E-state index in [1.807, 2.05) is 61.0 Å². The molecule has 1 heterocycles. The van der Waals surface area contributed by atoms with E-state index in [0.717, 1.165) is 21.5 Å². The molecule has 2 aromatic carbocycles. The van der Waals surface area contributed by atoms with Crippen molar-refractivity contribution in [3.8, 4) is 11.5 Å². The molecule has 0 saturated heterocycles. The monoisotopic (exact) mass is 476 g/mol. The van der Waals surface area contributed by atoms with Crippen LogP contribution < -0.4 is 14.8 Å². The van der Waals surface area contributed by atoms with Crippen molar-refractivity contribution in [1.29, 1.82) is 0 Å². The first-order valence-corrected chi connectivity index (χ1v) is 10.6. The Bertz CT molecular complexity index is 992. The number of thioether (sulfide) groups is 1. The van der Waals surface area contributed by atoms with Gasteiger partial charge < -0.3 is 19.4 Å². The maximum absolute atomic E-state index is 12.2. The van der Waals surface area contributed by atoms with Crippen LogP contribution in [0.1, 0.15) is 11.4 Å². The molecule has 9 heteroatoms. The zero-order valence-corrected chi connectivity index (χ0v) is 18.7. The number of anilines is 1. The van der Waals surface area contributed by atoms with Gasteiger partial charge in [0.15, 0.2) is 11.0 Å². The van der Waals surface area contributed by atoms with Crippen LogP contribution in [0.15, 0.2) is 52.1 Å². The molecule has 1 amide bonds. The lowest BCUT2D eigenvalue weighted by molar-refractivity contribution is -0.113. The van der Waals surface area contributed by atoms with E-state index in [0.29, 0.717) is 16.7 Å². The van der Waals surface area contributed by atoms with E-state index in [4.69, 9.17) is 9.47 Å². The van der Waals surface area contributed by atoms with Crippen molar-refractivity contribution < 1.29 is 14.3 Å². The van der Waals surface area contributed by atoms with Crippen LogP contribution in [0.3, 0.4) is 0 Å². The lowest BCUT2D eigenvalue weighted by atomic mass is 10.2. The Morgan fingerprint density at radius 3 is 2.59 bits per heavy atom. The number of aromatic nitrogens is 3. The van der Waals surface area contributed by atoms with Gasteiger partial charge in [-0.1, -0.05) is 27.7 Å². The fraction of sp³-hybridized carbons (Fsp3) is 0.250. The average Bonchev–Trinajstić information content (AvgIpc) is 3.07. The van der Waals surface area contributed by atoms with Crippen LogP contribution >= 0.6 is 27.7 Å². The Labute approximate surface area is 181 Å². The number of carbonyl (C=O) groups is 1. The lowest BCUT2D eigenvalue weighted by Crippen LogP contribution is -2.14. The van der Waals surface area contributed by atoms with Crippen LogP contribution in [-0.2, 0) is 18.4 Å². The number of carbonyl (C=O) groups excluding carboxylic acids is 1. The number of aryl methyl sites for hydroxylation is 1. The second kappa shape index (κ2) is 9.80. The number of benzene rings is 2. The fourth-order valence-corrected chi connectivity index (χ4v) is 3.44. The Hall–Kier alpha value is -2.52. The minimum Gasteiger partial charge on any atom is -0.497 e. The third-order valence-electron chi connectivity index (χ3n) is 4.13. The molecule has 0 fully saturated rings. The molecule has 29 heavy (non-hydrogen) atoms. The molecular formula is C20H21BrN4O3S. The largest absolute Gasteiger partial charge is 0.497 e. The maximum atomic E-state index is 12.2. The first-order valence-electron chi connectivity index (χ1n) is 8.80. The van der Waals surface area contributed by atoms with Gasteiger partial charge >= 0.3 is 0 Å². The molecule has 0 radical (unpaired) electrons. The van der Waals surface area contributed by atoms with E-state index >= 15 is 0 Å². The van der Waals surface area contributed by atoms with Gasteiger partial charge in [0.25, 0.3) is 0 Å². The minimum absolute atomic E-state index is 0.101. The Kier molecular flexibility index (Phi) is 7.16. The molecular weight excluding hydrogens is 456 g/mol. The van der Waals surface area contributed by atoms with Crippen molar-refractivity contribution >= 4 is 39.3 Å². The molecule has 0 bridgehead atoms. The summed E-state index contributed by atoms with van der Waals surface area (Å²) in [5.41, 5.74) is 1.83. The number of rotatable bonds is 8. The minimum atomic E-state index is -0.101. The number of halogens is 1. The van der Waals surface area contributed by atoms with Gasteiger partial charge in [0.05, 0.1) is 12.9 Å². The summed E-state index contributed by atoms with van der Waals surface area (Å²) in [7, 11) is 3.47. The highest BCUT2D eigenvalue weighted by Crippen LogP contribution is 2.22. The highest BCUT2D eigenvalue weighted by atomic mass is 79.9. The quantitative estimate of drug-likeness (QED) is 0.490. The maximum Gasteiger partial charge on any atom is 0.234 e. The van der Waals surface area contributed by atoms with Gasteiger partial charge in [-0.05, 0) is 55.0 Å². The van der Waals surface area contributed by atoms with Crippen LogP contribution in [0.2, 0.25) is 0 Å². The smallest absolute Gasteiger partial charge is 0.234 e. The molecule has 0 saturated carbocycles. The fourth-order valence-electron chi connectivity index (χ4n) is 2.47. The van der Waals surface area contributed by atoms with Crippen molar-refractivity contribution in [2.45, 2.75) is 18.7 Å². The number of methoxy groups -OCH3 is 1. The first kappa shape index (κ1) is 21.2. The van der Waals surface area contributed by atoms with E-state index in [9.17, 15) is 4.79 Å². The van der Waals surface area contributed by atoms with E-state index in [2.05, 4.69) is 31.4 Å². The molecule has 0 aliphatic rings. The molecule has 0 unspecified atom stereocenters. The van der Waals surface area contributed by atoms with Crippen molar-refractivity contribution in [1.82, 2.24) is 14.8 Å². The standard InChI is InChI=1S/C20H21BrN4O3S/c1-13-10-14(4-9-17(13)21)22-19(26)12-29-20-24-23-18(25(20)2)11-28-16-7-5-15(27-3)6-8-16/h4-10H,11-12H2,1-3H3,(H,22,26). The summed E-state index contributed by atoms with van der Waals surface area (Å²) in [6, 6.07) is 13.0. The molecule has 0 atom stereocenters. The molecule has 0 spiro atoms. The summed E-state index contributed by atoms with van der Waals surface area (Å²) in [4.78, 5) is 12.2. The van der Waals surface area contributed by atoms with Gasteiger partial charge in [-0.3, -0.25) is 4.79 Å². The molecule has 152 valence electrons. The van der Waals surface area contributed by atoms with E-state index < -0.39 is 0 Å². The molecule has 0 aliphatic carbocycles. The second-order valence-corrected chi connectivity index (χ2v) is 8.02. The van der Waals surface area contributed by atoms with Crippen LogP contribution in [0, 0.1) is 6.92 Å². The van der Waals surface area contributed by atoms with Crippen molar-refractivity contribution in [3.05, 3.63) is 58.3 Å². The van der Waals surface area contributed by atoms with Crippen molar-refractivity contribution in [2.24, 2.45) is 7.05 Å². The molecule has 3 rings (SSSR count). The van der Waals surface area contributed by atoms with Crippen molar-refractivity contribution in [2.75, 3.05) is 18.2 Å². The van der Waals surface area contributed by atoms with Crippen LogP contribution in [0.4, 0.5) is 5.69 Å².